The maximum atomic E-state index is 6.07. The molecule has 2 heterocycles. The summed E-state index contributed by atoms with van der Waals surface area (Å²) in [5.74, 6) is 1.35. The van der Waals surface area contributed by atoms with Crippen molar-refractivity contribution in [1.82, 2.24) is 24.8 Å². The minimum absolute atomic E-state index is 0.573. The van der Waals surface area contributed by atoms with Gasteiger partial charge in [0.1, 0.15) is 0 Å². The number of benzene rings is 2. The third-order valence-corrected chi connectivity index (χ3v) is 4.85. The summed E-state index contributed by atoms with van der Waals surface area (Å²) in [7, 11) is 2.03. The van der Waals surface area contributed by atoms with Crippen LogP contribution in [0.25, 0.3) is 16.9 Å². The quantitative estimate of drug-likeness (QED) is 0.441. The molecule has 7 heteroatoms. The molecular formula is C22H22ClN5O. The van der Waals surface area contributed by atoms with Crippen molar-refractivity contribution in [3.05, 3.63) is 83.1 Å². The topological polar surface area (TPSA) is 60.0 Å². The van der Waals surface area contributed by atoms with E-state index in [4.69, 9.17) is 21.2 Å². The van der Waals surface area contributed by atoms with Crippen molar-refractivity contribution in [2.75, 3.05) is 7.05 Å². The van der Waals surface area contributed by atoms with E-state index in [1.54, 1.807) is 0 Å². The Morgan fingerprint density at radius 2 is 1.79 bits per heavy atom. The van der Waals surface area contributed by atoms with E-state index in [2.05, 4.69) is 21.2 Å². The summed E-state index contributed by atoms with van der Waals surface area (Å²) in [5, 5.41) is 9.53. The van der Waals surface area contributed by atoms with Crippen molar-refractivity contribution in [2.45, 2.75) is 26.4 Å². The van der Waals surface area contributed by atoms with E-state index in [0.717, 1.165) is 34.8 Å². The van der Waals surface area contributed by atoms with Crippen LogP contribution in [0.2, 0.25) is 5.02 Å². The number of hydrogen-bond acceptors (Lipinski definition) is 5. The molecule has 0 aliphatic rings. The van der Waals surface area contributed by atoms with Crippen LogP contribution in [0.15, 0.2) is 65.3 Å². The van der Waals surface area contributed by atoms with Crippen LogP contribution in [0.5, 0.6) is 0 Å². The van der Waals surface area contributed by atoms with E-state index in [9.17, 15) is 0 Å². The Hall–Kier alpha value is -2.96. The summed E-state index contributed by atoms with van der Waals surface area (Å²) in [6.45, 7) is 3.27. The molecule has 0 atom stereocenters. The maximum absolute atomic E-state index is 6.07. The predicted octanol–water partition coefficient (Wildman–Crippen LogP) is 4.77. The smallest absolute Gasteiger partial charge is 0.240 e. The lowest BCUT2D eigenvalue weighted by molar-refractivity contribution is 0.260. The van der Waals surface area contributed by atoms with E-state index in [1.165, 1.54) is 0 Å². The summed E-state index contributed by atoms with van der Waals surface area (Å²) in [5.41, 5.74) is 4.07. The lowest BCUT2D eigenvalue weighted by Gasteiger charge is -2.14. The highest BCUT2D eigenvalue weighted by Crippen LogP contribution is 2.26. The van der Waals surface area contributed by atoms with Crippen molar-refractivity contribution >= 4 is 11.6 Å². The molecule has 148 valence electrons. The molecule has 4 rings (SSSR count). The van der Waals surface area contributed by atoms with Crippen LogP contribution in [0.4, 0.5) is 0 Å². The fourth-order valence-electron chi connectivity index (χ4n) is 3.16. The van der Waals surface area contributed by atoms with Crippen molar-refractivity contribution < 1.29 is 4.52 Å². The molecule has 0 N–H and O–H groups in total. The second-order valence-electron chi connectivity index (χ2n) is 6.92. The van der Waals surface area contributed by atoms with Gasteiger partial charge in [-0.3, -0.25) is 4.90 Å². The molecule has 4 aromatic rings. The standard InChI is InChI=1S/C22H22ClN5O/c1-3-20-24-21(29-26-20)15-27(2)13-17-14-28(19-7-5-4-6-8-19)25-22(17)16-9-11-18(23)12-10-16/h4-12,14H,3,13,15H2,1-2H3. The molecule has 0 radical (unpaired) electrons. The van der Waals surface area contributed by atoms with Crippen LogP contribution in [0.1, 0.15) is 24.2 Å². The second kappa shape index (κ2) is 8.59. The number of halogens is 1. The molecule has 0 amide bonds. The molecule has 2 aromatic carbocycles. The fourth-order valence-corrected chi connectivity index (χ4v) is 3.29. The fraction of sp³-hybridized carbons (Fsp3) is 0.227. The van der Waals surface area contributed by atoms with Gasteiger partial charge in [-0.2, -0.15) is 10.1 Å². The van der Waals surface area contributed by atoms with Gasteiger partial charge in [-0.25, -0.2) is 4.68 Å². The molecule has 6 nitrogen and oxygen atoms in total. The van der Waals surface area contributed by atoms with E-state index in [0.29, 0.717) is 24.0 Å². The molecular weight excluding hydrogens is 386 g/mol. The largest absolute Gasteiger partial charge is 0.338 e. The molecule has 0 fully saturated rings. The van der Waals surface area contributed by atoms with Crippen molar-refractivity contribution in [3.63, 3.8) is 0 Å². The molecule has 0 aliphatic heterocycles. The maximum Gasteiger partial charge on any atom is 0.240 e. The van der Waals surface area contributed by atoms with E-state index in [1.807, 2.05) is 73.3 Å². The number of nitrogens with zero attached hydrogens (tertiary/aromatic N) is 5. The van der Waals surface area contributed by atoms with Crippen molar-refractivity contribution in [1.29, 1.82) is 0 Å². The molecule has 29 heavy (non-hydrogen) atoms. The van der Waals surface area contributed by atoms with Gasteiger partial charge < -0.3 is 4.52 Å². The normalized spacial score (nSPS) is 11.3. The van der Waals surface area contributed by atoms with Crippen LogP contribution in [-0.4, -0.2) is 31.9 Å². The summed E-state index contributed by atoms with van der Waals surface area (Å²) < 4.78 is 7.24. The van der Waals surface area contributed by atoms with Crippen LogP contribution >= 0.6 is 11.6 Å². The highest BCUT2D eigenvalue weighted by Gasteiger charge is 2.16. The van der Waals surface area contributed by atoms with Crippen LogP contribution in [0, 0.1) is 0 Å². The number of para-hydroxylation sites is 1. The third-order valence-electron chi connectivity index (χ3n) is 4.60. The molecule has 0 unspecified atom stereocenters. The first-order valence-electron chi connectivity index (χ1n) is 9.52. The van der Waals surface area contributed by atoms with Gasteiger partial charge in [-0.05, 0) is 31.3 Å². The third kappa shape index (κ3) is 4.55. The van der Waals surface area contributed by atoms with Gasteiger partial charge >= 0.3 is 0 Å². The number of aryl methyl sites for hydroxylation is 1. The number of rotatable bonds is 7. The van der Waals surface area contributed by atoms with Gasteiger partial charge in [0.2, 0.25) is 5.89 Å². The van der Waals surface area contributed by atoms with Crippen LogP contribution in [0.3, 0.4) is 0 Å². The molecule has 0 bridgehead atoms. The van der Waals surface area contributed by atoms with Gasteiger partial charge in [-0.15, -0.1) is 0 Å². The number of aromatic nitrogens is 4. The Morgan fingerprint density at radius 3 is 2.48 bits per heavy atom. The first kappa shape index (κ1) is 19.4. The van der Waals surface area contributed by atoms with E-state index < -0.39 is 0 Å². The second-order valence-corrected chi connectivity index (χ2v) is 7.36. The van der Waals surface area contributed by atoms with E-state index >= 15 is 0 Å². The Balaban J connectivity index is 1.63. The highest BCUT2D eigenvalue weighted by atomic mass is 35.5. The Bertz CT molecular complexity index is 1070. The average molecular weight is 408 g/mol. The predicted molar refractivity (Wildman–Crippen MR) is 113 cm³/mol. The zero-order chi connectivity index (χ0) is 20.2. The van der Waals surface area contributed by atoms with Crippen molar-refractivity contribution in [2.24, 2.45) is 0 Å². The van der Waals surface area contributed by atoms with Gasteiger partial charge in [0.25, 0.3) is 0 Å². The highest BCUT2D eigenvalue weighted by molar-refractivity contribution is 6.30. The lowest BCUT2D eigenvalue weighted by atomic mass is 10.1. The summed E-state index contributed by atoms with van der Waals surface area (Å²) in [6, 6.07) is 17.8. The molecule has 0 saturated heterocycles. The summed E-state index contributed by atoms with van der Waals surface area (Å²) >= 11 is 6.07. The Kier molecular flexibility index (Phi) is 5.74. The molecule has 0 spiro atoms. The Labute approximate surface area is 174 Å². The Morgan fingerprint density at radius 1 is 1.03 bits per heavy atom. The van der Waals surface area contributed by atoms with Gasteiger partial charge in [-0.1, -0.05) is 54.0 Å². The molecule has 0 aliphatic carbocycles. The summed E-state index contributed by atoms with van der Waals surface area (Å²) in [4.78, 5) is 6.54. The minimum atomic E-state index is 0.573. The first-order chi connectivity index (χ1) is 14.1. The van der Waals surface area contributed by atoms with Crippen LogP contribution < -0.4 is 0 Å². The molecule has 0 saturated carbocycles. The number of hydrogen-bond donors (Lipinski definition) is 0. The summed E-state index contributed by atoms with van der Waals surface area (Å²) in [6.07, 6.45) is 2.83. The van der Waals surface area contributed by atoms with Gasteiger partial charge in [0, 0.05) is 35.3 Å². The SMILES string of the molecule is CCc1noc(CN(C)Cc2cn(-c3ccccc3)nc2-c2ccc(Cl)cc2)n1. The lowest BCUT2D eigenvalue weighted by Crippen LogP contribution is -2.17. The molecule has 2 aromatic heterocycles. The average Bonchev–Trinajstić information content (AvgIpc) is 3.36. The first-order valence-corrected chi connectivity index (χ1v) is 9.90. The van der Waals surface area contributed by atoms with Gasteiger partial charge in [0.05, 0.1) is 17.9 Å². The van der Waals surface area contributed by atoms with Gasteiger partial charge in [0.15, 0.2) is 5.82 Å². The monoisotopic (exact) mass is 407 g/mol. The minimum Gasteiger partial charge on any atom is -0.338 e. The van der Waals surface area contributed by atoms with Crippen molar-refractivity contribution in [3.8, 4) is 16.9 Å². The zero-order valence-corrected chi connectivity index (χ0v) is 17.2. The van der Waals surface area contributed by atoms with Crippen LogP contribution in [-0.2, 0) is 19.5 Å². The zero-order valence-electron chi connectivity index (χ0n) is 16.4. The van der Waals surface area contributed by atoms with E-state index in [-0.39, 0.29) is 0 Å².